The first-order chi connectivity index (χ1) is 25.1. The highest BCUT2D eigenvalue weighted by Gasteiger charge is 2.43. The quantitative estimate of drug-likeness (QED) is 0.123. The molecule has 0 amide bonds. The molecule has 0 fully saturated rings. The van der Waals surface area contributed by atoms with E-state index in [1.54, 1.807) is 13.2 Å². The Kier molecular flexibility index (Phi) is 10.8. The fourth-order valence-corrected chi connectivity index (χ4v) is 6.17. The van der Waals surface area contributed by atoms with Crippen molar-refractivity contribution < 1.29 is 33.5 Å². The van der Waals surface area contributed by atoms with Crippen molar-refractivity contribution in [2.45, 2.75) is 44.7 Å². The fourth-order valence-electron chi connectivity index (χ4n) is 6.17. The molecule has 7 heteroatoms. The van der Waals surface area contributed by atoms with E-state index >= 15 is 0 Å². The Bertz CT molecular complexity index is 1990. The molecule has 3 atom stereocenters. The maximum atomic E-state index is 10.8. The molecule has 0 aliphatic carbocycles. The van der Waals surface area contributed by atoms with Crippen molar-refractivity contribution in [3.05, 3.63) is 185 Å². The van der Waals surface area contributed by atoms with E-state index in [2.05, 4.69) is 0 Å². The summed E-state index contributed by atoms with van der Waals surface area (Å²) in [4.78, 5) is 0. The van der Waals surface area contributed by atoms with Crippen LogP contribution >= 0.6 is 0 Å². The van der Waals surface area contributed by atoms with Crippen molar-refractivity contribution >= 4 is 0 Å². The normalized spacial score (nSPS) is 16.5. The van der Waals surface area contributed by atoms with Crippen LogP contribution in [0.1, 0.15) is 45.6 Å². The molecular weight excluding hydrogens is 640 g/mol. The second kappa shape index (κ2) is 16.3. The van der Waals surface area contributed by atoms with Gasteiger partial charge in [-0.3, -0.25) is 0 Å². The topological polar surface area (TPSA) is 75.6 Å². The van der Waals surface area contributed by atoms with Crippen LogP contribution in [-0.2, 0) is 35.9 Å². The SMILES string of the molecule is COC1c2c(OCc3ccccc3)cc(OCc3ccccc3)cc2OC(c2ccc(O)c(OCc3ccccc3)c2)C1OCc1ccccc1. The lowest BCUT2D eigenvalue weighted by atomic mass is 9.90. The molecule has 7 rings (SSSR count). The molecule has 1 N–H and O–H groups in total. The van der Waals surface area contributed by atoms with Crippen LogP contribution in [0.4, 0.5) is 0 Å². The first-order valence-corrected chi connectivity index (χ1v) is 17.0. The maximum absolute atomic E-state index is 10.8. The van der Waals surface area contributed by atoms with Crippen molar-refractivity contribution in [1.29, 1.82) is 0 Å². The predicted molar refractivity (Wildman–Crippen MR) is 195 cm³/mol. The standard InChI is InChI=1S/C44H40O7/c1-46-43-41-39(49-29-33-18-10-4-11-19-33)25-36(47-27-31-14-6-2-7-15-31)26-40(41)51-42(44(43)50-30-34-20-12-5-13-21-34)35-22-23-37(45)38(24-35)48-28-32-16-8-3-9-17-32/h2-26,42-45H,27-30H2,1H3. The van der Waals surface area contributed by atoms with Crippen molar-refractivity contribution in [2.75, 3.05) is 7.11 Å². The summed E-state index contributed by atoms with van der Waals surface area (Å²) in [6.45, 7) is 1.34. The molecule has 51 heavy (non-hydrogen) atoms. The van der Waals surface area contributed by atoms with Gasteiger partial charge >= 0.3 is 0 Å². The van der Waals surface area contributed by atoms with Gasteiger partial charge in [0.2, 0.25) is 0 Å². The Hall–Kier alpha value is -5.76. The van der Waals surface area contributed by atoms with E-state index in [1.807, 2.05) is 146 Å². The van der Waals surface area contributed by atoms with Gasteiger partial charge in [-0.25, -0.2) is 0 Å². The van der Waals surface area contributed by atoms with Crippen molar-refractivity contribution in [2.24, 2.45) is 0 Å². The number of hydrogen-bond donors (Lipinski definition) is 1. The lowest BCUT2D eigenvalue weighted by Gasteiger charge is -2.40. The van der Waals surface area contributed by atoms with Gasteiger partial charge in [-0.2, -0.15) is 0 Å². The van der Waals surface area contributed by atoms with Crippen LogP contribution in [0.5, 0.6) is 28.7 Å². The van der Waals surface area contributed by atoms with Gasteiger partial charge in [0.25, 0.3) is 0 Å². The number of aromatic hydroxyl groups is 1. The average Bonchev–Trinajstić information content (AvgIpc) is 3.19. The van der Waals surface area contributed by atoms with Gasteiger partial charge in [-0.15, -0.1) is 0 Å². The minimum Gasteiger partial charge on any atom is -0.504 e. The van der Waals surface area contributed by atoms with Gasteiger partial charge in [0.1, 0.15) is 49.3 Å². The molecule has 6 aromatic carbocycles. The summed E-state index contributed by atoms with van der Waals surface area (Å²) in [7, 11) is 1.67. The van der Waals surface area contributed by atoms with E-state index in [0.717, 1.165) is 33.4 Å². The summed E-state index contributed by atoms with van der Waals surface area (Å²) in [6.07, 6.45) is -1.83. The third kappa shape index (κ3) is 8.35. The van der Waals surface area contributed by atoms with E-state index in [4.69, 9.17) is 28.4 Å². The van der Waals surface area contributed by atoms with Gasteiger partial charge in [0.15, 0.2) is 17.6 Å². The molecule has 1 heterocycles. The zero-order chi connectivity index (χ0) is 34.8. The summed E-state index contributed by atoms with van der Waals surface area (Å²) in [5.74, 6) is 2.10. The highest BCUT2D eigenvalue weighted by atomic mass is 16.6. The molecule has 3 unspecified atom stereocenters. The molecule has 0 spiro atoms. The fraction of sp³-hybridized carbons (Fsp3) is 0.182. The van der Waals surface area contributed by atoms with E-state index in [-0.39, 0.29) is 5.75 Å². The van der Waals surface area contributed by atoms with E-state index < -0.39 is 18.3 Å². The Balaban J connectivity index is 1.26. The van der Waals surface area contributed by atoms with Crippen LogP contribution in [0.15, 0.2) is 152 Å². The number of ether oxygens (including phenoxy) is 6. The van der Waals surface area contributed by atoms with Crippen LogP contribution < -0.4 is 18.9 Å². The molecule has 1 aliphatic rings. The summed E-state index contributed by atoms with van der Waals surface area (Å²) < 4.78 is 38.8. The van der Waals surface area contributed by atoms with Gasteiger partial charge in [-0.05, 0) is 39.9 Å². The Morgan fingerprint density at radius 2 is 1.06 bits per heavy atom. The van der Waals surface area contributed by atoms with Crippen LogP contribution in [-0.4, -0.2) is 18.3 Å². The molecule has 1 aliphatic heterocycles. The van der Waals surface area contributed by atoms with Gasteiger partial charge in [-0.1, -0.05) is 127 Å². The molecule has 258 valence electrons. The van der Waals surface area contributed by atoms with Gasteiger partial charge in [0, 0.05) is 19.2 Å². The number of fused-ring (bicyclic) bond motifs is 1. The number of hydrogen-bond acceptors (Lipinski definition) is 7. The number of methoxy groups -OCH3 is 1. The van der Waals surface area contributed by atoms with Crippen LogP contribution in [0.2, 0.25) is 0 Å². The number of benzene rings is 6. The Labute approximate surface area is 298 Å². The monoisotopic (exact) mass is 680 g/mol. The molecule has 6 aromatic rings. The number of phenolic OH excluding ortho intramolecular Hbond substituents is 1. The summed E-state index contributed by atoms with van der Waals surface area (Å²) >= 11 is 0. The molecule has 0 saturated carbocycles. The third-order valence-electron chi connectivity index (χ3n) is 8.79. The third-order valence-corrected chi connectivity index (χ3v) is 8.79. The molecule has 0 bridgehead atoms. The van der Waals surface area contributed by atoms with Crippen molar-refractivity contribution in [3.8, 4) is 28.7 Å². The lowest BCUT2D eigenvalue weighted by molar-refractivity contribution is -0.128. The first kappa shape index (κ1) is 33.7. The van der Waals surface area contributed by atoms with E-state index in [9.17, 15) is 5.11 Å². The minimum absolute atomic E-state index is 0.0316. The predicted octanol–water partition coefficient (Wildman–Crippen LogP) is 9.54. The van der Waals surface area contributed by atoms with Crippen LogP contribution in [0.3, 0.4) is 0 Å². The van der Waals surface area contributed by atoms with Gasteiger partial charge in [0.05, 0.1) is 12.2 Å². The highest BCUT2D eigenvalue weighted by molar-refractivity contribution is 5.55. The van der Waals surface area contributed by atoms with Crippen LogP contribution in [0.25, 0.3) is 0 Å². The maximum Gasteiger partial charge on any atom is 0.161 e. The highest BCUT2D eigenvalue weighted by Crippen LogP contribution is 2.51. The summed E-state index contributed by atoms with van der Waals surface area (Å²) in [5, 5.41) is 10.8. The lowest BCUT2D eigenvalue weighted by Crippen LogP contribution is -2.38. The minimum atomic E-state index is -0.641. The number of rotatable bonds is 14. The smallest absolute Gasteiger partial charge is 0.161 e. The second-order valence-corrected chi connectivity index (χ2v) is 12.3. The zero-order valence-electron chi connectivity index (χ0n) is 28.4. The molecular formula is C44H40O7. The average molecular weight is 681 g/mol. The van der Waals surface area contributed by atoms with Gasteiger partial charge < -0.3 is 33.5 Å². The zero-order valence-corrected chi connectivity index (χ0v) is 28.4. The van der Waals surface area contributed by atoms with Crippen molar-refractivity contribution in [3.63, 3.8) is 0 Å². The molecule has 0 saturated heterocycles. The molecule has 0 radical (unpaired) electrons. The van der Waals surface area contributed by atoms with Crippen molar-refractivity contribution in [1.82, 2.24) is 0 Å². The Morgan fingerprint density at radius 3 is 1.61 bits per heavy atom. The summed E-state index contributed by atoms with van der Waals surface area (Å²) in [6, 6.07) is 48.9. The summed E-state index contributed by atoms with van der Waals surface area (Å²) in [5.41, 5.74) is 5.55. The van der Waals surface area contributed by atoms with Crippen LogP contribution in [0, 0.1) is 0 Å². The largest absolute Gasteiger partial charge is 0.504 e. The molecule has 0 aromatic heterocycles. The van der Waals surface area contributed by atoms with E-state index in [0.29, 0.717) is 49.4 Å². The second-order valence-electron chi connectivity index (χ2n) is 12.3. The Morgan fingerprint density at radius 1 is 0.549 bits per heavy atom. The first-order valence-electron chi connectivity index (χ1n) is 17.0. The number of phenols is 1. The molecule has 7 nitrogen and oxygen atoms in total. The van der Waals surface area contributed by atoms with E-state index in [1.165, 1.54) is 0 Å².